The van der Waals surface area contributed by atoms with Crippen LogP contribution in [0.3, 0.4) is 0 Å². The highest BCUT2D eigenvalue weighted by molar-refractivity contribution is 5.98. The standard InChI is InChI=1S/C17H13F3N2O7/c1-28-10-3-5-14(23)11(7-10)16(25)29-8-15(24)21-12-4-2-9(17(18,19)20)6-13(12)22(26)27/h2-7,23H,8H2,1H3,(H,21,24). The zero-order chi connectivity index (χ0) is 21.8. The number of phenols is 1. The van der Waals surface area contributed by atoms with Gasteiger partial charge in [0.05, 0.1) is 17.6 Å². The predicted molar refractivity (Wildman–Crippen MR) is 91.7 cm³/mol. The summed E-state index contributed by atoms with van der Waals surface area (Å²) in [6, 6.07) is 5.26. The Balaban J connectivity index is 2.09. The number of hydrogen-bond donors (Lipinski definition) is 2. The van der Waals surface area contributed by atoms with Gasteiger partial charge in [-0.05, 0) is 30.3 Å². The van der Waals surface area contributed by atoms with E-state index in [1.54, 1.807) is 0 Å². The zero-order valence-corrected chi connectivity index (χ0v) is 14.6. The summed E-state index contributed by atoms with van der Waals surface area (Å²) < 4.78 is 47.7. The third kappa shape index (κ3) is 5.34. The highest BCUT2D eigenvalue weighted by Gasteiger charge is 2.33. The summed E-state index contributed by atoms with van der Waals surface area (Å²) in [5.74, 6) is -2.32. The van der Waals surface area contributed by atoms with E-state index in [2.05, 4.69) is 0 Å². The minimum atomic E-state index is -4.80. The molecule has 12 heteroatoms. The second-order valence-electron chi connectivity index (χ2n) is 5.49. The zero-order valence-electron chi connectivity index (χ0n) is 14.6. The third-order valence-corrected chi connectivity index (χ3v) is 3.55. The SMILES string of the molecule is COc1ccc(O)c(C(=O)OCC(=O)Nc2ccc(C(F)(F)F)cc2[N+](=O)[O-])c1. The molecular formula is C17H13F3N2O7. The molecule has 0 atom stereocenters. The van der Waals surface area contributed by atoms with Crippen LogP contribution in [-0.2, 0) is 15.7 Å². The van der Waals surface area contributed by atoms with Crippen LogP contribution in [0, 0.1) is 10.1 Å². The fourth-order valence-electron chi connectivity index (χ4n) is 2.17. The van der Waals surface area contributed by atoms with Crippen molar-refractivity contribution in [1.82, 2.24) is 0 Å². The van der Waals surface area contributed by atoms with Gasteiger partial charge in [-0.15, -0.1) is 0 Å². The van der Waals surface area contributed by atoms with E-state index < -0.39 is 52.3 Å². The van der Waals surface area contributed by atoms with Crippen LogP contribution in [0.5, 0.6) is 11.5 Å². The second-order valence-corrected chi connectivity index (χ2v) is 5.49. The maximum atomic E-state index is 12.7. The van der Waals surface area contributed by atoms with Gasteiger partial charge < -0.3 is 19.9 Å². The molecule has 2 N–H and O–H groups in total. The van der Waals surface area contributed by atoms with Crippen LogP contribution < -0.4 is 10.1 Å². The molecule has 1 amide bonds. The van der Waals surface area contributed by atoms with Gasteiger partial charge in [0.2, 0.25) is 0 Å². The van der Waals surface area contributed by atoms with E-state index in [-0.39, 0.29) is 17.4 Å². The number of aromatic hydroxyl groups is 1. The van der Waals surface area contributed by atoms with Gasteiger partial charge in [-0.2, -0.15) is 13.2 Å². The van der Waals surface area contributed by atoms with Crippen molar-refractivity contribution in [3.63, 3.8) is 0 Å². The smallest absolute Gasteiger partial charge is 0.416 e. The topological polar surface area (TPSA) is 128 Å². The van der Waals surface area contributed by atoms with Gasteiger partial charge in [0.1, 0.15) is 22.7 Å². The molecule has 0 bridgehead atoms. The molecule has 0 unspecified atom stereocenters. The Hall–Kier alpha value is -3.83. The summed E-state index contributed by atoms with van der Waals surface area (Å²) in [5.41, 5.74) is -3.04. The number of nitro benzene ring substituents is 1. The Kier molecular flexibility index (Phi) is 6.26. The molecule has 154 valence electrons. The number of alkyl halides is 3. The number of ether oxygens (including phenoxy) is 2. The lowest BCUT2D eigenvalue weighted by Gasteiger charge is -2.10. The number of carbonyl (C=O) groups excluding carboxylic acids is 2. The molecule has 0 saturated carbocycles. The molecule has 0 aromatic heterocycles. The number of anilines is 1. The number of carbonyl (C=O) groups is 2. The molecular weight excluding hydrogens is 401 g/mol. The van der Waals surface area contributed by atoms with Crippen LogP contribution in [0.2, 0.25) is 0 Å². The first kappa shape index (κ1) is 21.5. The molecule has 0 aliphatic rings. The second kappa shape index (κ2) is 8.46. The van der Waals surface area contributed by atoms with E-state index in [0.717, 1.165) is 6.07 Å². The van der Waals surface area contributed by atoms with Gasteiger partial charge in [0, 0.05) is 6.07 Å². The summed E-state index contributed by atoms with van der Waals surface area (Å²) in [6.45, 7) is -0.909. The minimum Gasteiger partial charge on any atom is -0.507 e. The number of nitro groups is 1. The molecule has 2 rings (SSSR count). The number of halogens is 3. The third-order valence-electron chi connectivity index (χ3n) is 3.55. The van der Waals surface area contributed by atoms with E-state index in [4.69, 9.17) is 9.47 Å². The molecule has 0 spiro atoms. The van der Waals surface area contributed by atoms with Gasteiger partial charge in [0.25, 0.3) is 11.6 Å². The van der Waals surface area contributed by atoms with Crippen molar-refractivity contribution in [3.05, 3.63) is 57.6 Å². The Labute approximate surface area is 160 Å². The van der Waals surface area contributed by atoms with E-state index in [1.165, 1.54) is 19.2 Å². The van der Waals surface area contributed by atoms with Crippen molar-refractivity contribution in [3.8, 4) is 11.5 Å². The maximum Gasteiger partial charge on any atom is 0.416 e. The van der Waals surface area contributed by atoms with Crippen LogP contribution in [0.15, 0.2) is 36.4 Å². The van der Waals surface area contributed by atoms with Gasteiger partial charge in [-0.25, -0.2) is 4.79 Å². The number of benzene rings is 2. The van der Waals surface area contributed by atoms with Crippen LogP contribution in [0.1, 0.15) is 15.9 Å². The monoisotopic (exact) mass is 414 g/mol. The van der Waals surface area contributed by atoms with Crippen molar-refractivity contribution >= 4 is 23.3 Å². The van der Waals surface area contributed by atoms with Gasteiger partial charge in [-0.1, -0.05) is 0 Å². The lowest BCUT2D eigenvalue weighted by molar-refractivity contribution is -0.384. The number of methoxy groups -OCH3 is 1. The van der Waals surface area contributed by atoms with Gasteiger partial charge >= 0.3 is 12.1 Å². The molecule has 0 fully saturated rings. The Bertz CT molecular complexity index is 961. The van der Waals surface area contributed by atoms with Crippen molar-refractivity contribution in [1.29, 1.82) is 0 Å². The Morgan fingerprint density at radius 3 is 2.48 bits per heavy atom. The highest BCUT2D eigenvalue weighted by atomic mass is 19.4. The van der Waals surface area contributed by atoms with Crippen molar-refractivity contribution in [2.45, 2.75) is 6.18 Å². The molecule has 0 heterocycles. The van der Waals surface area contributed by atoms with E-state index >= 15 is 0 Å². The molecule has 0 aliphatic carbocycles. The largest absolute Gasteiger partial charge is 0.507 e. The Morgan fingerprint density at radius 1 is 1.21 bits per heavy atom. The molecule has 0 saturated heterocycles. The molecule has 2 aromatic carbocycles. The molecule has 0 radical (unpaired) electrons. The van der Waals surface area contributed by atoms with E-state index in [1.807, 2.05) is 5.32 Å². The number of hydrogen-bond acceptors (Lipinski definition) is 7. The fourth-order valence-corrected chi connectivity index (χ4v) is 2.17. The number of amides is 1. The summed E-state index contributed by atoms with van der Waals surface area (Å²) in [5, 5.41) is 22.7. The predicted octanol–water partition coefficient (Wildman–Crippen LogP) is 3.12. The first-order valence-corrected chi connectivity index (χ1v) is 7.72. The molecule has 29 heavy (non-hydrogen) atoms. The normalized spacial score (nSPS) is 10.9. The molecule has 0 aliphatic heterocycles. The lowest BCUT2D eigenvalue weighted by atomic mass is 10.1. The van der Waals surface area contributed by atoms with E-state index in [0.29, 0.717) is 12.1 Å². The highest BCUT2D eigenvalue weighted by Crippen LogP contribution is 2.35. The van der Waals surface area contributed by atoms with Crippen molar-refractivity contribution < 1.29 is 42.3 Å². The van der Waals surface area contributed by atoms with Crippen molar-refractivity contribution in [2.75, 3.05) is 19.0 Å². The average molecular weight is 414 g/mol. The van der Waals surface area contributed by atoms with Crippen LogP contribution in [0.4, 0.5) is 24.5 Å². The summed E-state index contributed by atoms with van der Waals surface area (Å²) in [4.78, 5) is 33.8. The quantitative estimate of drug-likeness (QED) is 0.422. The summed E-state index contributed by atoms with van der Waals surface area (Å²) >= 11 is 0. The number of nitrogens with zero attached hydrogens (tertiary/aromatic N) is 1. The van der Waals surface area contributed by atoms with Gasteiger partial charge in [-0.3, -0.25) is 14.9 Å². The average Bonchev–Trinajstić information content (AvgIpc) is 2.65. The Morgan fingerprint density at radius 2 is 1.90 bits per heavy atom. The number of rotatable bonds is 6. The molecule has 9 nitrogen and oxygen atoms in total. The van der Waals surface area contributed by atoms with Crippen LogP contribution in [0.25, 0.3) is 0 Å². The van der Waals surface area contributed by atoms with E-state index in [9.17, 15) is 38.0 Å². The number of esters is 1. The van der Waals surface area contributed by atoms with Crippen molar-refractivity contribution in [2.24, 2.45) is 0 Å². The lowest BCUT2D eigenvalue weighted by Crippen LogP contribution is -2.21. The first-order chi connectivity index (χ1) is 13.5. The number of phenolic OH excluding ortho intramolecular Hbond substituents is 1. The summed E-state index contributed by atoms with van der Waals surface area (Å²) in [6.07, 6.45) is -4.80. The minimum absolute atomic E-state index is 0.236. The van der Waals surface area contributed by atoms with Crippen LogP contribution in [-0.4, -0.2) is 35.6 Å². The maximum absolute atomic E-state index is 12.7. The van der Waals surface area contributed by atoms with Crippen LogP contribution >= 0.6 is 0 Å². The number of nitrogens with one attached hydrogen (secondary N) is 1. The fraction of sp³-hybridized carbons (Fsp3) is 0.176. The van der Waals surface area contributed by atoms with Gasteiger partial charge in [0.15, 0.2) is 6.61 Å². The summed E-state index contributed by atoms with van der Waals surface area (Å²) in [7, 11) is 1.33. The molecule has 2 aromatic rings. The first-order valence-electron chi connectivity index (χ1n) is 7.72.